The van der Waals surface area contributed by atoms with Crippen LogP contribution >= 0.6 is 0 Å². The molecular weight excluding hydrogens is 703 g/mol. The van der Waals surface area contributed by atoms with Gasteiger partial charge in [-0.3, -0.25) is 0 Å². The van der Waals surface area contributed by atoms with E-state index in [1.54, 1.807) is 0 Å². The maximum atomic E-state index is 6.41. The lowest BCUT2D eigenvalue weighted by molar-refractivity contribution is 0.670. The molecule has 0 amide bonds. The van der Waals surface area contributed by atoms with Gasteiger partial charge in [0.1, 0.15) is 11.2 Å². The molecule has 0 aliphatic carbocycles. The molecule has 0 fully saturated rings. The van der Waals surface area contributed by atoms with Gasteiger partial charge in [-0.25, -0.2) is 0 Å². The van der Waals surface area contributed by atoms with Crippen LogP contribution in [0, 0.1) is 0 Å². The number of benzene rings is 10. The molecule has 0 bridgehead atoms. The van der Waals surface area contributed by atoms with E-state index in [9.17, 15) is 0 Å². The lowest BCUT2D eigenvalue weighted by atomic mass is 9.91. The van der Waals surface area contributed by atoms with Crippen molar-refractivity contribution < 1.29 is 4.42 Å². The highest BCUT2D eigenvalue weighted by Crippen LogP contribution is 2.41. The molecule has 0 aliphatic heterocycles. The highest BCUT2D eigenvalue weighted by molar-refractivity contribution is 6.14. The number of rotatable bonds is 7. The molecule has 58 heavy (non-hydrogen) atoms. The van der Waals surface area contributed by atoms with Gasteiger partial charge in [0.05, 0.1) is 0 Å². The van der Waals surface area contributed by atoms with Crippen LogP contribution in [0.2, 0.25) is 0 Å². The van der Waals surface area contributed by atoms with Gasteiger partial charge in [-0.05, 0) is 115 Å². The molecule has 2 nitrogen and oxygen atoms in total. The van der Waals surface area contributed by atoms with Gasteiger partial charge in [0, 0.05) is 33.4 Å². The van der Waals surface area contributed by atoms with E-state index in [0.29, 0.717) is 0 Å². The Hall–Kier alpha value is -7.68. The summed E-state index contributed by atoms with van der Waals surface area (Å²) < 4.78 is 6.41. The predicted molar refractivity (Wildman–Crippen MR) is 245 cm³/mol. The summed E-state index contributed by atoms with van der Waals surface area (Å²) in [6.45, 7) is 0. The van der Waals surface area contributed by atoms with E-state index in [4.69, 9.17) is 4.42 Å². The minimum absolute atomic E-state index is 0.907. The minimum atomic E-state index is 0.907. The lowest BCUT2D eigenvalue weighted by Crippen LogP contribution is -2.09. The summed E-state index contributed by atoms with van der Waals surface area (Å²) in [5, 5.41) is 7.30. The number of hydrogen-bond acceptors (Lipinski definition) is 2. The number of furan rings is 1. The summed E-state index contributed by atoms with van der Waals surface area (Å²) in [5.74, 6) is 0. The molecule has 1 aromatic heterocycles. The topological polar surface area (TPSA) is 16.4 Å². The van der Waals surface area contributed by atoms with Crippen molar-refractivity contribution in [2.75, 3.05) is 4.90 Å². The fourth-order valence-corrected chi connectivity index (χ4v) is 8.59. The average Bonchev–Trinajstić information content (AvgIpc) is 3.69. The maximum Gasteiger partial charge on any atom is 0.143 e. The van der Waals surface area contributed by atoms with Crippen LogP contribution in [0.5, 0.6) is 0 Å². The van der Waals surface area contributed by atoms with Crippen LogP contribution in [0.4, 0.5) is 17.1 Å². The lowest BCUT2D eigenvalue weighted by Gasteiger charge is -2.26. The van der Waals surface area contributed by atoms with E-state index in [-0.39, 0.29) is 0 Å². The second-order valence-electron chi connectivity index (χ2n) is 14.9. The fourth-order valence-electron chi connectivity index (χ4n) is 8.59. The van der Waals surface area contributed by atoms with E-state index in [1.807, 2.05) is 12.1 Å². The number of fused-ring (bicyclic) bond motifs is 6. The Kier molecular flexibility index (Phi) is 8.19. The smallest absolute Gasteiger partial charge is 0.143 e. The Balaban J connectivity index is 0.977. The van der Waals surface area contributed by atoms with Crippen LogP contribution < -0.4 is 4.90 Å². The number of hydrogen-bond donors (Lipinski definition) is 0. The van der Waals surface area contributed by atoms with Crippen LogP contribution in [0.25, 0.3) is 88.0 Å². The van der Waals surface area contributed by atoms with Gasteiger partial charge in [-0.2, -0.15) is 0 Å². The Bertz CT molecular complexity index is 3240. The van der Waals surface area contributed by atoms with Crippen molar-refractivity contribution in [2.24, 2.45) is 0 Å². The number of para-hydroxylation sites is 2. The first-order chi connectivity index (χ1) is 28.7. The van der Waals surface area contributed by atoms with Crippen LogP contribution in [0.3, 0.4) is 0 Å². The third-order valence-corrected chi connectivity index (χ3v) is 11.5. The molecule has 0 unspecified atom stereocenters. The van der Waals surface area contributed by atoms with Gasteiger partial charge in [0.15, 0.2) is 0 Å². The third kappa shape index (κ3) is 5.91. The van der Waals surface area contributed by atoms with Crippen LogP contribution in [-0.4, -0.2) is 0 Å². The Morgan fingerprint density at radius 3 is 1.43 bits per heavy atom. The largest absolute Gasteiger partial charge is 0.455 e. The van der Waals surface area contributed by atoms with Crippen molar-refractivity contribution in [1.29, 1.82) is 0 Å². The van der Waals surface area contributed by atoms with Crippen molar-refractivity contribution in [3.05, 3.63) is 224 Å². The zero-order chi connectivity index (χ0) is 38.4. The number of nitrogens with zero attached hydrogens (tertiary/aromatic N) is 1. The Morgan fingerprint density at radius 1 is 0.276 bits per heavy atom. The quantitative estimate of drug-likeness (QED) is 0.151. The molecule has 272 valence electrons. The second kappa shape index (κ2) is 14.1. The van der Waals surface area contributed by atoms with Gasteiger partial charge in [0.25, 0.3) is 0 Å². The molecule has 0 atom stereocenters. The summed E-state index contributed by atoms with van der Waals surface area (Å²) >= 11 is 0. The highest BCUT2D eigenvalue weighted by atomic mass is 16.3. The summed E-state index contributed by atoms with van der Waals surface area (Å²) in [6.07, 6.45) is 0. The molecule has 0 aliphatic rings. The van der Waals surface area contributed by atoms with Gasteiger partial charge in [-0.15, -0.1) is 0 Å². The summed E-state index contributed by atoms with van der Waals surface area (Å²) in [5.41, 5.74) is 14.5. The highest BCUT2D eigenvalue weighted by Gasteiger charge is 2.17. The molecule has 2 heteroatoms. The first kappa shape index (κ1) is 33.6. The van der Waals surface area contributed by atoms with E-state index in [1.165, 1.54) is 54.9 Å². The van der Waals surface area contributed by atoms with Crippen molar-refractivity contribution in [3.63, 3.8) is 0 Å². The molecule has 0 radical (unpaired) electrons. The molecule has 1 heterocycles. The predicted octanol–water partition coefficient (Wildman–Crippen LogP) is 16.0. The van der Waals surface area contributed by atoms with Gasteiger partial charge in [-0.1, -0.05) is 170 Å². The van der Waals surface area contributed by atoms with Crippen LogP contribution in [-0.2, 0) is 0 Å². The average molecular weight is 740 g/mol. The summed E-state index contributed by atoms with van der Waals surface area (Å²) in [7, 11) is 0. The molecule has 11 aromatic rings. The molecule has 0 spiro atoms. The van der Waals surface area contributed by atoms with Crippen molar-refractivity contribution in [3.8, 4) is 44.5 Å². The van der Waals surface area contributed by atoms with Gasteiger partial charge < -0.3 is 9.32 Å². The third-order valence-electron chi connectivity index (χ3n) is 11.5. The van der Waals surface area contributed by atoms with Crippen LogP contribution in [0.15, 0.2) is 229 Å². The number of anilines is 3. The summed E-state index contributed by atoms with van der Waals surface area (Å²) in [6, 6.07) is 80.6. The SMILES string of the molecule is c1ccc(-c2ccc(N(c3ccc(-c4ccc5cc(-c6ccccc6)c6ccccc6c5c4)cc3)c3ccc(-c4cccc5c4oc4ccccc45)cc3)cc2)cc1. The van der Waals surface area contributed by atoms with E-state index in [0.717, 1.165) is 50.1 Å². The molecule has 10 aromatic carbocycles. The van der Waals surface area contributed by atoms with Crippen molar-refractivity contribution in [1.82, 2.24) is 0 Å². The molecule has 0 saturated heterocycles. The normalized spacial score (nSPS) is 11.4. The molecule has 0 N–H and O–H groups in total. The second-order valence-corrected chi connectivity index (χ2v) is 14.9. The van der Waals surface area contributed by atoms with Crippen LogP contribution in [0.1, 0.15) is 0 Å². The maximum absolute atomic E-state index is 6.41. The Labute approximate surface area is 337 Å². The first-order valence-electron chi connectivity index (χ1n) is 19.8. The summed E-state index contributed by atoms with van der Waals surface area (Å²) in [4.78, 5) is 2.34. The van der Waals surface area contributed by atoms with Gasteiger partial charge >= 0.3 is 0 Å². The van der Waals surface area contributed by atoms with Crippen molar-refractivity contribution >= 4 is 60.5 Å². The zero-order valence-corrected chi connectivity index (χ0v) is 31.7. The molecule has 11 rings (SSSR count). The zero-order valence-electron chi connectivity index (χ0n) is 31.7. The minimum Gasteiger partial charge on any atom is -0.455 e. The van der Waals surface area contributed by atoms with E-state index in [2.05, 4.69) is 217 Å². The molecular formula is C56H37NO. The Morgan fingerprint density at radius 2 is 0.759 bits per heavy atom. The van der Waals surface area contributed by atoms with E-state index >= 15 is 0 Å². The molecule has 0 saturated carbocycles. The fraction of sp³-hybridized carbons (Fsp3) is 0. The standard InChI is InChI=1S/C56H37NO/c1-3-12-38(13-4-1)39-24-30-45(31-25-39)57(47-34-28-42(29-35-47)48-19-11-20-52-51-18-9-10-21-55(51)58-56(48)52)46-32-26-40(27-33-46)43-22-23-44-37-53(41-14-5-2-6-15-41)49-16-7-8-17-50(49)54(44)36-43/h1-37H. The first-order valence-corrected chi connectivity index (χ1v) is 19.8. The van der Waals surface area contributed by atoms with E-state index < -0.39 is 0 Å². The van der Waals surface area contributed by atoms with Gasteiger partial charge in [0.2, 0.25) is 0 Å². The monoisotopic (exact) mass is 739 g/mol. The van der Waals surface area contributed by atoms with Crippen molar-refractivity contribution in [2.45, 2.75) is 0 Å².